The molecule has 5 heteroatoms. The summed E-state index contributed by atoms with van der Waals surface area (Å²) >= 11 is 0. The van der Waals surface area contributed by atoms with Crippen LogP contribution in [0.5, 0.6) is 0 Å². The molecule has 0 saturated carbocycles. The third-order valence-electron chi connectivity index (χ3n) is 10.1. The molecule has 0 aliphatic carbocycles. The molecule has 0 amide bonds. The normalized spacial score (nSPS) is 11.3. The Balaban J connectivity index is 1.06. The molecule has 0 aliphatic heterocycles. The molecule has 3 aromatic heterocycles. The minimum atomic E-state index is 0.566. The van der Waals surface area contributed by atoms with Crippen molar-refractivity contribution < 1.29 is 4.42 Å². The van der Waals surface area contributed by atoms with Crippen LogP contribution in [0.2, 0.25) is 0 Å². The second kappa shape index (κ2) is 13.8. The Kier molecular flexibility index (Phi) is 8.08. The Labute approximate surface area is 318 Å². The lowest BCUT2D eigenvalue weighted by Gasteiger charge is -2.10. The average Bonchev–Trinajstić information content (AvgIpc) is 3.66. The molecule has 0 atom stereocenters. The first-order valence-electron chi connectivity index (χ1n) is 18.3. The summed E-state index contributed by atoms with van der Waals surface area (Å²) in [6, 6.07) is 62.7. The van der Waals surface area contributed by atoms with E-state index in [1.807, 2.05) is 30.5 Å². The lowest BCUT2D eigenvalue weighted by Crippen LogP contribution is -2.00. The van der Waals surface area contributed by atoms with E-state index >= 15 is 0 Å². The zero-order valence-corrected chi connectivity index (χ0v) is 29.7. The van der Waals surface area contributed by atoms with Gasteiger partial charge in [-0.15, -0.1) is 0 Å². The summed E-state index contributed by atoms with van der Waals surface area (Å²) in [5.74, 6) is 1.76. The number of hydrogen-bond donors (Lipinski definition) is 0. The maximum absolute atomic E-state index is 6.48. The quantitative estimate of drug-likeness (QED) is 0.165. The van der Waals surface area contributed by atoms with Crippen LogP contribution in [0.15, 0.2) is 199 Å². The molecule has 55 heavy (non-hydrogen) atoms. The van der Waals surface area contributed by atoms with Crippen molar-refractivity contribution in [2.24, 2.45) is 0 Å². The minimum Gasteiger partial charge on any atom is -0.454 e. The Bertz CT molecular complexity index is 2820. The fourth-order valence-corrected chi connectivity index (χ4v) is 7.21. The zero-order chi connectivity index (χ0) is 36.6. The van der Waals surface area contributed by atoms with Crippen LogP contribution < -0.4 is 0 Å². The van der Waals surface area contributed by atoms with Crippen LogP contribution in [-0.4, -0.2) is 19.9 Å². The van der Waals surface area contributed by atoms with Crippen LogP contribution in [0.25, 0.3) is 101 Å². The number of fused-ring (bicyclic) bond motifs is 3. The number of rotatable bonds is 7. The highest BCUT2D eigenvalue weighted by molar-refractivity contribution is 6.12. The Hall–Kier alpha value is -7.50. The smallest absolute Gasteiger partial charge is 0.164 e. The van der Waals surface area contributed by atoms with Gasteiger partial charge in [-0.3, -0.25) is 4.98 Å². The predicted octanol–water partition coefficient (Wildman–Crippen LogP) is 12.8. The van der Waals surface area contributed by atoms with Crippen molar-refractivity contribution in [3.63, 3.8) is 0 Å². The predicted molar refractivity (Wildman–Crippen MR) is 223 cm³/mol. The number of hydrogen-bond acceptors (Lipinski definition) is 5. The summed E-state index contributed by atoms with van der Waals surface area (Å²) in [4.78, 5) is 19.7. The summed E-state index contributed by atoms with van der Waals surface area (Å²) in [5.41, 5.74) is 13.1. The van der Waals surface area contributed by atoms with Gasteiger partial charge in [0, 0.05) is 39.2 Å². The molecule has 10 rings (SSSR count). The molecular formula is C50H32N4O. The molecule has 5 nitrogen and oxygen atoms in total. The monoisotopic (exact) mass is 704 g/mol. The molecule has 0 N–H and O–H groups in total. The highest BCUT2D eigenvalue weighted by Crippen LogP contribution is 2.38. The summed E-state index contributed by atoms with van der Waals surface area (Å²) in [6.07, 6.45) is 3.70. The van der Waals surface area contributed by atoms with Gasteiger partial charge in [0.15, 0.2) is 23.1 Å². The second-order valence-corrected chi connectivity index (χ2v) is 13.5. The molecule has 0 spiro atoms. The van der Waals surface area contributed by atoms with Gasteiger partial charge >= 0.3 is 0 Å². The van der Waals surface area contributed by atoms with Gasteiger partial charge in [0.1, 0.15) is 5.58 Å². The topological polar surface area (TPSA) is 64.7 Å². The summed E-state index contributed by atoms with van der Waals surface area (Å²) in [6.45, 7) is 0. The van der Waals surface area contributed by atoms with Crippen molar-refractivity contribution in [2.45, 2.75) is 0 Å². The molecule has 0 bridgehead atoms. The standard InChI is InChI=1S/C50H32N4O/c1-4-10-33(11-5-1)36-16-22-39(23-17-36)44-31-51-32-46-47(44)43-29-28-42(30-45(43)55-46)50-53-48(40-24-18-37(19-25-40)34-12-6-2-7-13-34)52-49(54-50)41-26-20-38(21-27-41)35-14-8-3-9-15-35/h1-32H. The van der Waals surface area contributed by atoms with Crippen LogP contribution in [0, 0.1) is 0 Å². The van der Waals surface area contributed by atoms with E-state index in [-0.39, 0.29) is 0 Å². The first kappa shape index (κ1) is 32.2. The van der Waals surface area contributed by atoms with E-state index in [4.69, 9.17) is 19.4 Å². The molecule has 0 radical (unpaired) electrons. The molecule has 258 valence electrons. The fourth-order valence-electron chi connectivity index (χ4n) is 7.21. The number of benzene rings is 7. The first-order valence-corrected chi connectivity index (χ1v) is 18.3. The van der Waals surface area contributed by atoms with Crippen LogP contribution in [-0.2, 0) is 0 Å². The van der Waals surface area contributed by atoms with Gasteiger partial charge < -0.3 is 4.42 Å². The average molecular weight is 705 g/mol. The van der Waals surface area contributed by atoms with Crippen molar-refractivity contribution in [2.75, 3.05) is 0 Å². The van der Waals surface area contributed by atoms with Gasteiger partial charge in [-0.05, 0) is 51.1 Å². The number of furan rings is 1. The summed E-state index contributed by atoms with van der Waals surface area (Å²) < 4.78 is 6.48. The highest BCUT2D eigenvalue weighted by Gasteiger charge is 2.17. The maximum atomic E-state index is 6.48. The lowest BCUT2D eigenvalue weighted by molar-refractivity contribution is 0.667. The molecular weight excluding hydrogens is 673 g/mol. The Morgan fingerprint density at radius 1 is 0.309 bits per heavy atom. The number of nitrogens with zero attached hydrogens (tertiary/aromatic N) is 4. The third-order valence-corrected chi connectivity index (χ3v) is 10.1. The molecule has 0 unspecified atom stereocenters. The molecule has 0 saturated heterocycles. The van der Waals surface area contributed by atoms with Gasteiger partial charge in [-0.1, -0.05) is 170 Å². The Morgan fingerprint density at radius 2 is 0.691 bits per heavy atom. The van der Waals surface area contributed by atoms with E-state index in [0.717, 1.165) is 72.0 Å². The van der Waals surface area contributed by atoms with Crippen molar-refractivity contribution in [3.05, 3.63) is 194 Å². The van der Waals surface area contributed by atoms with Crippen LogP contribution in [0.3, 0.4) is 0 Å². The second-order valence-electron chi connectivity index (χ2n) is 13.5. The van der Waals surface area contributed by atoms with Crippen molar-refractivity contribution in [1.29, 1.82) is 0 Å². The van der Waals surface area contributed by atoms with E-state index in [9.17, 15) is 0 Å². The molecule has 7 aromatic carbocycles. The van der Waals surface area contributed by atoms with E-state index < -0.39 is 0 Å². The molecule has 0 aliphatic rings. The largest absolute Gasteiger partial charge is 0.454 e. The van der Waals surface area contributed by atoms with E-state index in [2.05, 4.69) is 163 Å². The maximum Gasteiger partial charge on any atom is 0.164 e. The van der Waals surface area contributed by atoms with Crippen LogP contribution in [0.1, 0.15) is 0 Å². The molecule has 0 fully saturated rings. The van der Waals surface area contributed by atoms with Crippen molar-refractivity contribution >= 4 is 21.9 Å². The van der Waals surface area contributed by atoms with Crippen LogP contribution >= 0.6 is 0 Å². The first-order chi connectivity index (χ1) is 27.2. The van der Waals surface area contributed by atoms with E-state index in [1.165, 1.54) is 11.1 Å². The van der Waals surface area contributed by atoms with Gasteiger partial charge in [-0.25, -0.2) is 15.0 Å². The summed E-state index contributed by atoms with van der Waals surface area (Å²) in [5, 5.41) is 2.03. The third kappa shape index (κ3) is 6.24. The van der Waals surface area contributed by atoms with Gasteiger partial charge in [-0.2, -0.15) is 0 Å². The minimum absolute atomic E-state index is 0.566. The van der Waals surface area contributed by atoms with Gasteiger partial charge in [0.2, 0.25) is 0 Å². The van der Waals surface area contributed by atoms with E-state index in [0.29, 0.717) is 17.5 Å². The fraction of sp³-hybridized carbons (Fsp3) is 0. The van der Waals surface area contributed by atoms with Crippen molar-refractivity contribution in [1.82, 2.24) is 19.9 Å². The van der Waals surface area contributed by atoms with Crippen molar-refractivity contribution in [3.8, 4) is 78.7 Å². The molecule has 3 heterocycles. The number of pyridine rings is 1. The number of aromatic nitrogens is 4. The Morgan fingerprint density at radius 3 is 1.16 bits per heavy atom. The van der Waals surface area contributed by atoms with Gasteiger partial charge in [0.05, 0.1) is 6.20 Å². The van der Waals surface area contributed by atoms with Gasteiger partial charge in [0.25, 0.3) is 0 Å². The summed E-state index contributed by atoms with van der Waals surface area (Å²) in [7, 11) is 0. The zero-order valence-electron chi connectivity index (χ0n) is 29.7. The van der Waals surface area contributed by atoms with E-state index in [1.54, 1.807) is 6.20 Å². The molecule has 10 aromatic rings. The SMILES string of the molecule is c1ccc(-c2ccc(-c3nc(-c4ccc(-c5ccccc5)cc4)nc(-c4ccc5c(c4)oc4cncc(-c6ccc(-c7ccccc7)cc6)c45)n3)cc2)cc1. The lowest BCUT2D eigenvalue weighted by atomic mass is 9.98. The van der Waals surface area contributed by atoms with Crippen LogP contribution in [0.4, 0.5) is 0 Å². The highest BCUT2D eigenvalue weighted by atomic mass is 16.3.